The van der Waals surface area contributed by atoms with Crippen LogP contribution in [0.25, 0.3) is 0 Å². The second-order valence-electron chi connectivity index (χ2n) is 4.61. The number of hydrogen-bond acceptors (Lipinski definition) is 4. The summed E-state index contributed by atoms with van der Waals surface area (Å²) in [6.07, 6.45) is 0. The van der Waals surface area contributed by atoms with E-state index < -0.39 is 0 Å². The number of para-hydroxylation sites is 4. The molecule has 0 saturated heterocycles. The zero-order valence-corrected chi connectivity index (χ0v) is 11.6. The molecule has 22 heavy (non-hydrogen) atoms. The Kier molecular flexibility index (Phi) is 3.83. The zero-order chi connectivity index (χ0) is 15.4. The normalized spacial score (nSPS) is 10.2. The van der Waals surface area contributed by atoms with Crippen LogP contribution >= 0.6 is 0 Å². The molecule has 0 radical (unpaired) electrons. The van der Waals surface area contributed by atoms with Gasteiger partial charge in [-0.3, -0.25) is 0 Å². The highest BCUT2D eigenvalue weighted by Crippen LogP contribution is 2.33. The topological polar surface area (TPSA) is 58.9 Å². The molecule has 3 aromatic carbocycles. The maximum absolute atomic E-state index is 9.67. The first-order valence-corrected chi connectivity index (χ1v) is 6.74. The molecule has 0 amide bonds. The van der Waals surface area contributed by atoms with Crippen molar-refractivity contribution < 1.29 is 19.7 Å². The molecule has 0 aliphatic carbocycles. The summed E-state index contributed by atoms with van der Waals surface area (Å²) in [5.41, 5.74) is 0. The Morgan fingerprint density at radius 2 is 0.864 bits per heavy atom. The molecule has 110 valence electrons. The molecule has 0 aromatic heterocycles. The minimum absolute atomic E-state index is 0.0806. The fourth-order valence-electron chi connectivity index (χ4n) is 1.92. The van der Waals surface area contributed by atoms with Crippen molar-refractivity contribution in [2.45, 2.75) is 0 Å². The van der Waals surface area contributed by atoms with Crippen LogP contribution in [0.15, 0.2) is 72.8 Å². The van der Waals surface area contributed by atoms with E-state index in [2.05, 4.69) is 0 Å². The lowest BCUT2D eigenvalue weighted by Crippen LogP contribution is -1.87. The molecule has 0 spiro atoms. The molecule has 0 unspecified atom stereocenters. The lowest BCUT2D eigenvalue weighted by atomic mass is 10.3. The minimum Gasteiger partial charge on any atom is -0.504 e. The first kappa shape index (κ1) is 13.8. The van der Waals surface area contributed by atoms with Crippen molar-refractivity contribution in [3.8, 4) is 34.5 Å². The van der Waals surface area contributed by atoms with Crippen LogP contribution in [0.4, 0.5) is 0 Å². The second-order valence-corrected chi connectivity index (χ2v) is 4.61. The van der Waals surface area contributed by atoms with Gasteiger partial charge in [-0.2, -0.15) is 0 Å². The van der Waals surface area contributed by atoms with E-state index in [0.717, 1.165) is 0 Å². The van der Waals surface area contributed by atoms with Gasteiger partial charge in [-0.25, -0.2) is 0 Å². The van der Waals surface area contributed by atoms with Crippen molar-refractivity contribution in [2.75, 3.05) is 0 Å². The molecule has 0 aliphatic heterocycles. The van der Waals surface area contributed by atoms with Gasteiger partial charge in [0.15, 0.2) is 23.0 Å². The number of aromatic hydroxyl groups is 2. The summed E-state index contributed by atoms with van der Waals surface area (Å²) in [5, 5.41) is 19.3. The summed E-state index contributed by atoms with van der Waals surface area (Å²) in [6.45, 7) is 0. The predicted molar refractivity (Wildman–Crippen MR) is 82.8 cm³/mol. The maximum atomic E-state index is 9.67. The molecule has 0 saturated carbocycles. The summed E-state index contributed by atoms with van der Waals surface area (Å²) in [4.78, 5) is 0. The zero-order valence-electron chi connectivity index (χ0n) is 11.6. The van der Waals surface area contributed by atoms with Gasteiger partial charge in [0, 0.05) is 0 Å². The lowest BCUT2D eigenvalue weighted by molar-refractivity contribution is 0.405. The average molecular weight is 294 g/mol. The van der Waals surface area contributed by atoms with E-state index in [1.54, 1.807) is 72.8 Å². The summed E-state index contributed by atoms with van der Waals surface area (Å²) < 4.78 is 11.2. The predicted octanol–water partition coefficient (Wildman–Crippen LogP) is 4.68. The second kappa shape index (κ2) is 6.10. The van der Waals surface area contributed by atoms with E-state index in [4.69, 9.17) is 9.47 Å². The number of phenols is 2. The lowest BCUT2D eigenvalue weighted by Gasteiger charge is -2.09. The molecule has 4 nitrogen and oxygen atoms in total. The average Bonchev–Trinajstić information content (AvgIpc) is 2.54. The molecular formula is C18H14O4. The highest BCUT2D eigenvalue weighted by atomic mass is 16.5. The highest BCUT2D eigenvalue weighted by Gasteiger charge is 2.05. The molecule has 3 aromatic rings. The fourth-order valence-corrected chi connectivity index (χ4v) is 1.92. The SMILES string of the molecule is Oc1ccccc1Oc1ccc(Oc2ccccc2O)cc1. The van der Waals surface area contributed by atoms with Crippen LogP contribution in [0.2, 0.25) is 0 Å². The van der Waals surface area contributed by atoms with E-state index in [0.29, 0.717) is 23.0 Å². The van der Waals surface area contributed by atoms with Crippen LogP contribution in [0, 0.1) is 0 Å². The Balaban J connectivity index is 1.73. The highest BCUT2D eigenvalue weighted by molar-refractivity contribution is 5.44. The van der Waals surface area contributed by atoms with Crippen molar-refractivity contribution in [1.82, 2.24) is 0 Å². The van der Waals surface area contributed by atoms with Crippen molar-refractivity contribution in [3.63, 3.8) is 0 Å². The molecular weight excluding hydrogens is 280 g/mol. The van der Waals surface area contributed by atoms with E-state index in [9.17, 15) is 10.2 Å². The molecule has 0 fully saturated rings. The number of phenolic OH excluding ortho intramolecular Hbond substituents is 2. The molecule has 0 bridgehead atoms. The number of benzene rings is 3. The fraction of sp³-hybridized carbons (Fsp3) is 0. The number of hydrogen-bond donors (Lipinski definition) is 2. The summed E-state index contributed by atoms with van der Waals surface area (Å²) in [6, 6.07) is 20.4. The first-order valence-electron chi connectivity index (χ1n) is 6.74. The van der Waals surface area contributed by atoms with Crippen molar-refractivity contribution in [1.29, 1.82) is 0 Å². The molecule has 4 heteroatoms. The molecule has 0 heterocycles. The largest absolute Gasteiger partial charge is 0.504 e. The standard InChI is InChI=1S/C18H14O4/c19-15-5-1-3-7-17(15)21-13-9-11-14(12-10-13)22-18-8-4-2-6-16(18)20/h1-12,19-20H. The third-order valence-electron chi connectivity index (χ3n) is 3.01. The number of ether oxygens (including phenoxy) is 2. The van der Waals surface area contributed by atoms with E-state index >= 15 is 0 Å². The van der Waals surface area contributed by atoms with Gasteiger partial charge in [-0.1, -0.05) is 24.3 Å². The van der Waals surface area contributed by atoms with Gasteiger partial charge in [0.25, 0.3) is 0 Å². The molecule has 0 atom stereocenters. The molecule has 2 N–H and O–H groups in total. The van der Waals surface area contributed by atoms with Gasteiger partial charge in [0.1, 0.15) is 11.5 Å². The Morgan fingerprint density at radius 1 is 0.500 bits per heavy atom. The number of rotatable bonds is 4. The quantitative estimate of drug-likeness (QED) is 0.733. The Morgan fingerprint density at radius 3 is 1.23 bits per heavy atom. The Hall–Kier alpha value is -3.14. The maximum Gasteiger partial charge on any atom is 0.169 e. The summed E-state index contributed by atoms with van der Waals surface area (Å²) in [7, 11) is 0. The summed E-state index contributed by atoms with van der Waals surface area (Å²) in [5.74, 6) is 2.08. The Labute approximate surface area is 127 Å². The first-order chi connectivity index (χ1) is 10.7. The van der Waals surface area contributed by atoms with Gasteiger partial charge in [0.05, 0.1) is 0 Å². The van der Waals surface area contributed by atoms with Gasteiger partial charge in [-0.15, -0.1) is 0 Å². The van der Waals surface area contributed by atoms with Crippen molar-refractivity contribution in [2.24, 2.45) is 0 Å². The van der Waals surface area contributed by atoms with E-state index in [1.807, 2.05) is 0 Å². The van der Waals surface area contributed by atoms with Crippen molar-refractivity contribution in [3.05, 3.63) is 72.8 Å². The van der Waals surface area contributed by atoms with Crippen molar-refractivity contribution >= 4 is 0 Å². The third-order valence-corrected chi connectivity index (χ3v) is 3.01. The smallest absolute Gasteiger partial charge is 0.169 e. The van der Waals surface area contributed by atoms with Gasteiger partial charge >= 0.3 is 0 Å². The molecule has 3 rings (SSSR count). The van der Waals surface area contributed by atoms with Crippen LogP contribution in [-0.2, 0) is 0 Å². The third kappa shape index (κ3) is 3.12. The van der Waals surface area contributed by atoms with Crippen LogP contribution < -0.4 is 9.47 Å². The van der Waals surface area contributed by atoms with Crippen LogP contribution in [0.5, 0.6) is 34.5 Å². The van der Waals surface area contributed by atoms with E-state index in [-0.39, 0.29) is 11.5 Å². The van der Waals surface area contributed by atoms with Gasteiger partial charge in [-0.05, 0) is 48.5 Å². The van der Waals surface area contributed by atoms with Gasteiger partial charge < -0.3 is 19.7 Å². The monoisotopic (exact) mass is 294 g/mol. The van der Waals surface area contributed by atoms with Crippen LogP contribution in [0.3, 0.4) is 0 Å². The van der Waals surface area contributed by atoms with Crippen LogP contribution in [0.1, 0.15) is 0 Å². The van der Waals surface area contributed by atoms with E-state index in [1.165, 1.54) is 0 Å². The minimum atomic E-state index is 0.0806. The molecule has 0 aliphatic rings. The van der Waals surface area contributed by atoms with Gasteiger partial charge in [0.2, 0.25) is 0 Å². The Bertz CT molecular complexity index is 700. The van der Waals surface area contributed by atoms with Crippen LogP contribution in [-0.4, -0.2) is 10.2 Å². The summed E-state index contributed by atoms with van der Waals surface area (Å²) >= 11 is 0.